The average molecular weight is 451 g/mol. The lowest BCUT2D eigenvalue weighted by molar-refractivity contribution is 0.842. The summed E-state index contributed by atoms with van der Waals surface area (Å²) in [7, 11) is 0. The molecule has 0 atom stereocenters. The van der Waals surface area contributed by atoms with Crippen molar-refractivity contribution in [2.45, 2.75) is 0 Å². The van der Waals surface area contributed by atoms with Crippen LogP contribution >= 0.6 is 45.3 Å². The van der Waals surface area contributed by atoms with Crippen LogP contribution in [0.5, 0.6) is 0 Å². The molecule has 0 radical (unpaired) electrons. The summed E-state index contributed by atoms with van der Waals surface area (Å²) in [5, 5.41) is 8.85. The molecule has 2 heterocycles. The van der Waals surface area contributed by atoms with Gasteiger partial charge in [-0.3, -0.25) is 4.99 Å². The fraction of sp³-hybridized carbons (Fsp3) is 0.0588. The maximum absolute atomic E-state index is 4.68. The normalized spacial score (nSPS) is 12.1. The average Bonchev–Trinajstić information content (AvgIpc) is 3.21. The molecule has 0 fully saturated rings. The Kier molecular flexibility index (Phi) is 5.58. The van der Waals surface area contributed by atoms with Gasteiger partial charge in [-0.05, 0) is 40.1 Å². The Morgan fingerprint density at radius 2 is 2.04 bits per heavy atom. The molecule has 0 aliphatic heterocycles. The molecule has 0 unspecified atom stereocenters. The van der Waals surface area contributed by atoms with E-state index in [1.165, 1.54) is 8.45 Å². The number of rotatable bonds is 5. The van der Waals surface area contributed by atoms with E-state index in [-0.39, 0.29) is 0 Å². The molecule has 0 bridgehead atoms. The lowest BCUT2D eigenvalue weighted by atomic mass is 10.2. The summed E-state index contributed by atoms with van der Waals surface area (Å²) in [4.78, 5) is 6.59. The van der Waals surface area contributed by atoms with Gasteiger partial charge in [-0.2, -0.15) is 5.10 Å². The fourth-order valence-electron chi connectivity index (χ4n) is 1.96. The van der Waals surface area contributed by atoms with Crippen molar-refractivity contribution in [1.82, 2.24) is 4.68 Å². The van der Waals surface area contributed by atoms with E-state index in [0.717, 1.165) is 16.1 Å². The van der Waals surface area contributed by atoms with Crippen molar-refractivity contribution in [3.8, 4) is 10.6 Å². The molecule has 1 aromatic carbocycles. The van der Waals surface area contributed by atoms with Crippen molar-refractivity contribution < 1.29 is 0 Å². The van der Waals surface area contributed by atoms with Crippen molar-refractivity contribution in [3.63, 3.8) is 0 Å². The predicted octanol–water partition coefficient (Wildman–Crippen LogP) is 4.85. The standard InChI is InChI=1S/C17H14IN3S2/c1-2-9-19-17-21(15(12-23-17)16-8-5-10-22-16)20-11-13-6-3-4-7-14(13)18/h2-8,10-12H,1,9H2. The van der Waals surface area contributed by atoms with Crippen molar-refractivity contribution in [1.29, 1.82) is 0 Å². The highest BCUT2D eigenvalue weighted by Gasteiger charge is 2.08. The molecule has 0 aliphatic rings. The van der Waals surface area contributed by atoms with E-state index in [1.807, 2.05) is 29.1 Å². The SMILES string of the molecule is C=CCN=c1scc(-c2cccs2)n1N=Cc1ccccc1I. The predicted molar refractivity (Wildman–Crippen MR) is 108 cm³/mol. The van der Waals surface area contributed by atoms with Crippen LogP contribution in [0.4, 0.5) is 0 Å². The lowest BCUT2D eigenvalue weighted by Gasteiger charge is -2.01. The number of nitrogens with zero attached hydrogens (tertiary/aromatic N) is 3. The molecular formula is C17H14IN3S2. The maximum atomic E-state index is 4.68. The Labute approximate surface area is 156 Å². The van der Waals surface area contributed by atoms with Crippen LogP contribution in [0, 0.1) is 3.57 Å². The topological polar surface area (TPSA) is 29.6 Å². The molecule has 0 saturated carbocycles. The molecule has 0 N–H and O–H groups in total. The Hall–Kier alpha value is -1.51. The van der Waals surface area contributed by atoms with Gasteiger partial charge in [-0.1, -0.05) is 30.3 Å². The second kappa shape index (κ2) is 7.85. The van der Waals surface area contributed by atoms with Crippen LogP contribution in [0.1, 0.15) is 5.56 Å². The fourth-order valence-corrected chi connectivity index (χ4v) is 4.12. The van der Waals surface area contributed by atoms with Gasteiger partial charge >= 0.3 is 0 Å². The number of aromatic nitrogens is 1. The molecule has 0 aliphatic carbocycles. The van der Waals surface area contributed by atoms with E-state index in [0.29, 0.717) is 6.54 Å². The van der Waals surface area contributed by atoms with Crippen LogP contribution in [0.3, 0.4) is 0 Å². The van der Waals surface area contributed by atoms with Crippen LogP contribution in [-0.4, -0.2) is 17.4 Å². The minimum atomic E-state index is 0.586. The minimum Gasteiger partial charge on any atom is -0.253 e. The van der Waals surface area contributed by atoms with Crippen molar-refractivity contribution in [2.24, 2.45) is 10.1 Å². The van der Waals surface area contributed by atoms with E-state index >= 15 is 0 Å². The number of hydrogen-bond donors (Lipinski definition) is 0. The first-order valence-corrected chi connectivity index (χ1v) is 9.78. The number of thiophene rings is 1. The molecule has 116 valence electrons. The minimum absolute atomic E-state index is 0.586. The third-order valence-electron chi connectivity index (χ3n) is 3.03. The van der Waals surface area contributed by atoms with E-state index in [4.69, 9.17) is 0 Å². The molecule has 3 aromatic rings. The first-order chi connectivity index (χ1) is 11.3. The number of halogens is 1. The maximum Gasteiger partial charge on any atom is 0.206 e. The third-order valence-corrected chi connectivity index (χ3v) is 5.76. The molecule has 0 spiro atoms. The number of hydrogen-bond acceptors (Lipinski definition) is 4. The second-order valence-corrected chi connectivity index (χ2v) is 7.53. The molecule has 3 nitrogen and oxygen atoms in total. The van der Waals surface area contributed by atoms with Gasteiger partial charge in [0.25, 0.3) is 0 Å². The molecule has 0 saturated heterocycles. The Balaban J connectivity index is 2.07. The van der Waals surface area contributed by atoms with Crippen LogP contribution < -0.4 is 4.80 Å². The zero-order valence-corrected chi connectivity index (χ0v) is 16.0. The number of benzene rings is 1. The Bertz CT molecular complexity index is 889. The van der Waals surface area contributed by atoms with E-state index in [9.17, 15) is 0 Å². The highest BCUT2D eigenvalue weighted by Crippen LogP contribution is 2.25. The summed E-state index contributed by atoms with van der Waals surface area (Å²) < 4.78 is 3.08. The molecule has 2 aromatic heterocycles. The van der Waals surface area contributed by atoms with Gasteiger partial charge in [0, 0.05) is 14.5 Å². The lowest BCUT2D eigenvalue weighted by Crippen LogP contribution is -2.12. The van der Waals surface area contributed by atoms with Crippen LogP contribution in [0.15, 0.2) is 69.9 Å². The van der Waals surface area contributed by atoms with Crippen molar-refractivity contribution >= 4 is 51.5 Å². The first kappa shape index (κ1) is 16.4. The van der Waals surface area contributed by atoms with E-state index in [1.54, 1.807) is 28.7 Å². The summed E-state index contributed by atoms with van der Waals surface area (Å²) >= 11 is 5.61. The Morgan fingerprint density at radius 1 is 1.17 bits per heavy atom. The zero-order valence-electron chi connectivity index (χ0n) is 12.2. The van der Waals surface area contributed by atoms with Crippen LogP contribution in [0.2, 0.25) is 0 Å². The first-order valence-electron chi connectivity index (χ1n) is 6.94. The third kappa shape index (κ3) is 3.88. The molecular weight excluding hydrogens is 437 g/mol. The molecule has 6 heteroatoms. The summed E-state index contributed by atoms with van der Waals surface area (Å²) in [5.41, 5.74) is 2.16. The van der Waals surface area contributed by atoms with E-state index < -0.39 is 0 Å². The van der Waals surface area contributed by atoms with Gasteiger partial charge in [0.15, 0.2) is 0 Å². The summed E-state index contributed by atoms with van der Waals surface area (Å²) in [6.07, 6.45) is 3.68. The highest BCUT2D eigenvalue weighted by molar-refractivity contribution is 14.1. The van der Waals surface area contributed by atoms with Crippen molar-refractivity contribution in [3.05, 3.63) is 73.7 Å². The summed E-state index contributed by atoms with van der Waals surface area (Å²) in [6, 6.07) is 12.3. The van der Waals surface area contributed by atoms with Gasteiger partial charge in [0.05, 0.1) is 23.3 Å². The van der Waals surface area contributed by atoms with Crippen molar-refractivity contribution in [2.75, 3.05) is 6.54 Å². The van der Waals surface area contributed by atoms with Gasteiger partial charge in [0.2, 0.25) is 4.80 Å². The number of thiazole rings is 1. The highest BCUT2D eigenvalue weighted by atomic mass is 127. The molecule has 0 amide bonds. The monoisotopic (exact) mass is 451 g/mol. The zero-order chi connectivity index (χ0) is 16.1. The van der Waals surface area contributed by atoms with Gasteiger partial charge in [0.1, 0.15) is 0 Å². The quantitative estimate of drug-likeness (QED) is 0.302. The summed E-state index contributed by atoms with van der Waals surface area (Å²) in [5.74, 6) is 0. The Morgan fingerprint density at radius 3 is 2.78 bits per heavy atom. The van der Waals surface area contributed by atoms with Gasteiger partial charge in [-0.15, -0.1) is 29.3 Å². The van der Waals surface area contributed by atoms with Gasteiger partial charge < -0.3 is 0 Å². The van der Waals surface area contributed by atoms with Crippen LogP contribution in [0.25, 0.3) is 10.6 Å². The molecule has 23 heavy (non-hydrogen) atoms. The van der Waals surface area contributed by atoms with Crippen LogP contribution in [-0.2, 0) is 0 Å². The summed E-state index contributed by atoms with van der Waals surface area (Å²) in [6.45, 7) is 4.32. The smallest absolute Gasteiger partial charge is 0.206 e. The van der Waals surface area contributed by atoms with Gasteiger partial charge in [-0.25, -0.2) is 4.68 Å². The van der Waals surface area contributed by atoms with E-state index in [2.05, 4.69) is 68.2 Å². The molecule has 3 rings (SSSR count). The second-order valence-electron chi connectivity index (χ2n) is 4.59. The largest absolute Gasteiger partial charge is 0.253 e.